The fraction of sp³-hybridized carbons (Fsp3) is 0.375. The van der Waals surface area contributed by atoms with E-state index in [1.54, 1.807) is 11.8 Å². The van der Waals surface area contributed by atoms with Crippen molar-refractivity contribution in [1.29, 1.82) is 0 Å². The Labute approximate surface area is 177 Å². The zero-order valence-electron chi connectivity index (χ0n) is 17.8. The van der Waals surface area contributed by atoms with Crippen molar-refractivity contribution in [2.75, 3.05) is 13.6 Å². The van der Waals surface area contributed by atoms with Gasteiger partial charge in [0.1, 0.15) is 5.82 Å². The van der Waals surface area contributed by atoms with Gasteiger partial charge in [0.25, 0.3) is 0 Å². The van der Waals surface area contributed by atoms with Crippen LogP contribution in [0.15, 0.2) is 48.5 Å². The van der Waals surface area contributed by atoms with Gasteiger partial charge < -0.3 is 14.4 Å². The number of fused-ring (bicyclic) bond motifs is 2. The summed E-state index contributed by atoms with van der Waals surface area (Å²) in [5.74, 6) is 0.900. The molecule has 2 heterocycles. The van der Waals surface area contributed by atoms with E-state index in [1.165, 1.54) is 5.56 Å². The van der Waals surface area contributed by atoms with Crippen molar-refractivity contribution in [2.24, 2.45) is 0 Å². The largest absolute Gasteiger partial charge is 0.338 e. The van der Waals surface area contributed by atoms with E-state index in [1.807, 2.05) is 48.3 Å². The zero-order chi connectivity index (χ0) is 21.3. The number of imidazole rings is 1. The lowest BCUT2D eigenvalue weighted by Crippen LogP contribution is -2.41. The third-order valence-corrected chi connectivity index (χ3v) is 6.04. The van der Waals surface area contributed by atoms with E-state index in [4.69, 9.17) is 4.98 Å². The molecular formula is C24H28N4O2. The van der Waals surface area contributed by atoms with Crippen molar-refractivity contribution in [1.82, 2.24) is 19.4 Å². The Morgan fingerprint density at radius 1 is 1.13 bits per heavy atom. The van der Waals surface area contributed by atoms with E-state index in [9.17, 15) is 9.59 Å². The van der Waals surface area contributed by atoms with Crippen molar-refractivity contribution < 1.29 is 9.59 Å². The summed E-state index contributed by atoms with van der Waals surface area (Å²) in [7, 11) is 1.81. The number of amides is 2. The number of para-hydroxylation sites is 2. The van der Waals surface area contributed by atoms with Crippen LogP contribution in [0.4, 0.5) is 0 Å². The number of nitrogens with zero attached hydrogens (tertiary/aromatic N) is 4. The smallest absolute Gasteiger partial charge is 0.225 e. The molecule has 2 amide bonds. The molecule has 6 heteroatoms. The van der Waals surface area contributed by atoms with Crippen LogP contribution in [-0.4, -0.2) is 44.8 Å². The number of hydrogen-bond acceptors (Lipinski definition) is 3. The average Bonchev–Trinajstić information content (AvgIpc) is 3.10. The van der Waals surface area contributed by atoms with Gasteiger partial charge >= 0.3 is 0 Å². The second-order valence-corrected chi connectivity index (χ2v) is 7.89. The Balaban J connectivity index is 1.55. The molecule has 6 nitrogen and oxygen atoms in total. The van der Waals surface area contributed by atoms with E-state index >= 15 is 0 Å². The van der Waals surface area contributed by atoms with Crippen LogP contribution < -0.4 is 0 Å². The van der Waals surface area contributed by atoms with Crippen LogP contribution in [0, 0.1) is 0 Å². The summed E-state index contributed by atoms with van der Waals surface area (Å²) >= 11 is 0. The van der Waals surface area contributed by atoms with E-state index < -0.39 is 0 Å². The minimum Gasteiger partial charge on any atom is -0.338 e. The maximum atomic E-state index is 13.2. The molecule has 2 aromatic carbocycles. The Morgan fingerprint density at radius 2 is 1.87 bits per heavy atom. The number of hydrogen-bond donors (Lipinski definition) is 0. The van der Waals surface area contributed by atoms with Crippen molar-refractivity contribution in [3.05, 3.63) is 65.5 Å². The number of benzene rings is 2. The highest BCUT2D eigenvalue weighted by atomic mass is 16.2. The third kappa shape index (κ3) is 3.70. The van der Waals surface area contributed by atoms with Crippen LogP contribution in [0.1, 0.15) is 43.3 Å². The molecule has 1 aromatic heterocycles. The van der Waals surface area contributed by atoms with Gasteiger partial charge in [-0.3, -0.25) is 9.59 Å². The Morgan fingerprint density at radius 3 is 2.63 bits per heavy atom. The highest BCUT2D eigenvalue weighted by molar-refractivity contribution is 5.80. The quantitative estimate of drug-likeness (QED) is 0.653. The second kappa shape index (κ2) is 8.30. The molecular weight excluding hydrogens is 376 g/mol. The first kappa shape index (κ1) is 20.1. The van der Waals surface area contributed by atoms with E-state index in [2.05, 4.69) is 23.6 Å². The number of aryl methyl sites for hydroxylation is 1. The standard InChI is InChI=1S/C24H28N4O2/c1-4-27-21-12-8-7-11-20(21)25-23(27)16-26(3)24(30)15-22-19-10-6-5-9-18(19)13-14-28(22)17(2)29/h5-12,22H,4,13-16H2,1-3H3. The Bertz CT molecular complexity index is 1090. The van der Waals surface area contributed by atoms with Gasteiger partial charge in [0.2, 0.25) is 11.8 Å². The van der Waals surface area contributed by atoms with Crippen molar-refractivity contribution in [3.63, 3.8) is 0 Å². The molecule has 156 valence electrons. The predicted octanol–water partition coefficient (Wildman–Crippen LogP) is 3.55. The van der Waals surface area contributed by atoms with Crippen molar-refractivity contribution >= 4 is 22.8 Å². The Hall–Kier alpha value is -3.15. The summed E-state index contributed by atoms with van der Waals surface area (Å²) < 4.78 is 2.15. The molecule has 1 unspecified atom stereocenters. The predicted molar refractivity (Wildman–Crippen MR) is 117 cm³/mol. The van der Waals surface area contributed by atoms with Crippen LogP contribution in [0.5, 0.6) is 0 Å². The molecule has 3 aromatic rings. The first-order chi connectivity index (χ1) is 14.5. The van der Waals surface area contributed by atoms with Crippen LogP contribution >= 0.6 is 0 Å². The van der Waals surface area contributed by atoms with Crippen LogP contribution in [0.3, 0.4) is 0 Å². The van der Waals surface area contributed by atoms with Gasteiger partial charge in [-0.05, 0) is 36.6 Å². The molecule has 1 aliphatic rings. The topological polar surface area (TPSA) is 58.4 Å². The van der Waals surface area contributed by atoms with Gasteiger partial charge in [-0.1, -0.05) is 36.4 Å². The lowest BCUT2D eigenvalue weighted by atomic mass is 9.90. The molecule has 0 fully saturated rings. The van der Waals surface area contributed by atoms with E-state index in [-0.39, 0.29) is 24.3 Å². The number of rotatable bonds is 5. The summed E-state index contributed by atoms with van der Waals surface area (Å²) in [4.78, 5) is 33.7. The van der Waals surface area contributed by atoms with Gasteiger partial charge in [0.15, 0.2) is 0 Å². The monoisotopic (exact) mass is 404 g/mol. The summed E-state index contributed by atoms with van der Waals surface area (Å²) in [6.45, 7) is 5.56. The molecule has 0 saturated carbocycles. The molecule has 30 heavy (non-hydrogen) atoms. The highest BCUT2D eigenvalue weighted by Crippen LogP contribution is 2.32. The third-order valence-electron chi connectivity index (χ3n) is 6.04. The molecule has 4 rings (SSSR count). The molecule has 0 aliphatic carbocycles. The first-order valence-corrected chi connectivity index (χ1v) is 10.5. The molecule has 1 atom stereocenters. The number of carbonyl (C=O) groups is 2. The van der Waals surface area contributed by atoms with Gasteiger partial charge in [-0.2, -0.15) is 0 Å². The van der Waals surface area contributed by atoms with Gasteiger partial charge in [-0.25, -0.2) is 4.98 Å². The number of carbonyl (C=O) groups excluding carboxylic acids is 2. The van der Waals surface area contributed by atoms with Gasteiger partial charge in [0.05, 0.1) is 30.0 Å². The molecule has 0 radical (unpaired) electrons. The maximum absolute atomic E-state index is 13.2. The summed E-state index contributed by atoms with van der Waals surface area (Å²) in [5, 5.41) is 0. The molecule has 0 saturated heterocycles. The molecule has 0 N–H and O–H groups in total. The van der Waals surface area contributed by atoms with Crippen molar-refractivity contribution in [3.8, 4) is 0 Å². The van der Waals surface area contributed by atoms with Crippen molar-refractivity contribution in [2.45, 2.75) is 45.8 Å². The van der Waals surface area contributed by atoms with E-state index in [0.29, 0.717) is 13.1 Å². The van der Waals surface area contributed by atoms with Crippen LogP contribution in [0.25, 0.3) is 11.0 Å². The van der Waals surface area contributed by atoms with E-state index in [0.717, 1.165) is 35.4 Å². The fourth-order valence-electron chi connectivity index (χ4n) is 4.47. The normalized spacial score (nSPS) is 15.8. The van der Waals surface area contributed by atoms with Crippen LogP contribution in [0.2, 0.25) is 0 Å². The van der Waals surface area contributed by atoms with Gasteiger partial charge in [-0.15, -0.1) is 0 Å². The average molecular weight is 405 g/mol. The summed E-state index contributed by atoms with van der Waals surface area (Å²) in [6, 6.07) is 16.0. The minimum atomic E-state index is -0.215. The highest BCUT2D eigenvalue weighted by Gasteiger charge is 2.31. The fourth-order valence-corrected chi connectivity index (χ4v) is 4.47. The minimum absolute atomic E-state index is 0.0117. The lowest BCUT2D eigenvalue weighted by molar-refractivity contribution is -0.136. The second-order valence-electron chi connectivity index (χ2n) is 7.89. The Kier molecular flexibility index (Phi) is 5.57. The number of aromatic nitrogens is 2. The lowest BCUT2D eigenvalue weighted by Gasteiger charge is -2.37. The maximum Gasteiger partial charge on any atom is 0.225 e. The SMILES string of the molecule is CCn1c(CN(C)C(=O)CC2c3ccccc3CCN2C(C)=O)nc2ccccc21. The first-order valence-electron chi connectivity index (χ1n) is 10.5. The molecule has 1 aliphatic heterocycles. The zero-order valence-corrected chi connectivity index (χ0v) is 17.8. The molecule has 0 spiro atoms. The molecule has 0 bridgehead atoms. The van der Waals surface area contributed by atoms with Crippen LogP contribution in [-0.2, 0) is 29.1 Å². The summed E-state index contributed by atoms with van der Waals surface area (Å²) in [6.07, 6.45) is 1.11. The van der Waals surface area contributed by atoms with Gasteiger partial charge in [0, 0.05) is 27.1 Å². The summed E-state index contributed by atoms with van der Waals surface area (Å²) in [5.41, 5.74) is 4.34.